The normalized spacial score (nSPS) is 10.8. The third-order valence-electron chi connectivity index (χ3n) is 3.36. The first-order valence-corrected chi connectivity index (χ1v) is 8.25. The maximum atomic E-state index is 12.4. The van der Waals surface area contributed by atoms with E-state index in [1.807, 2.05) is 0 Å². The predicted octanol–water partition coefficient (Wildman–Crippen LogP) is 1.49. The van der Waals surface area contributed by atoms with Gasteiger partial charge in [-0.2, -0.15) is 0 Å². The van der Waals surface area contributed by atoms with Gasteiger partial charge in [-0.25, -0.2) is 0 Å². The standard InChI is InChI=1S/C20H20N2O5/c1-14(24)27-17-9-5-6-15(12-17)13-18(20(26)21-10-11-23)22-19(25)16-7-3-2-4-8-16/h2-9,12-13,23H,10-11H2,1H3,(H,21,26)(H,22,25)/b18-13-. The van der Waals surface area contributed by atoms with Crippen molar-refractivity contribution in [2.24, 2.45) is 0 Å². The second-order valence-corrected chi connectivity index (χ2v) is 5.52. The van der Waals surface area contributed by atoms with Gasteiger partial charge in [0.2, 0.25) is 0 Å². The van der Waals surface area contributed by atoms with E-state index in [0.717, 1.165) is 0 Å². The molecule has 0 bridgehead atoms. The quantitative estimate of drug-likeness (QED) is 0.390. The maximum absolute atomic E-state index is 12.4. The molecule has 0 saturated carbocycles. The molecule has 2 amide bonds. The highest BCUT2D eigenvalue weighted by atomic mass is 16.5. The smallest absolute Gasteiger partial charge is 0.308 e. The number of carbonyl (C=O) groups is 3. The van der Waals surface area contributed by atoms with Crippen LogP contribution in [0.1, 0.15) is 22.8 Å². The van der Waals surface area contributed by atoms with Crippen LogP contribution in [0.25, 0.3) is 6.08 Å². The number of amides is 2. The molecule has 2 rings (SSSR count). The summed E-state index contributed by atoms with van der Waals surface area (Å²) in [6.07, 6.45) is 1.46. The molecule has 0 radical (unpaired) electrons. The summed E-state index contributed by atoms with van der Waals surface area (Å²) in [6, 6.07) is 15.0. The minimum Gasteiger partial charge on any atom is -0.427 e. The van der Waals surface area contributed by atoms with Gasteiger partial charge in [-0.15, -0.1) is 0 Å². The molecule has 0 atom stereocenters. The minimum atomic E-state index is -0.550. The average Bonchev–Trinajstić information content (AvgIpc) is 2.66. The molecule has 140 valence electrons. The summed E-state index contributed by atoms with van der Waals surface area (Å²) in [5.74, 6) is -1.14. The SMILES string of the molecule is CC(=O)Oc1cccc(/C=C(\NC(=O)c2ccccc2)C(=O)NCCO)c1. The summed E-state index contributed by atoms with van der Waals surface area (Å²) < 4.78 is 5.02. The summed E-state index contributed by atoms with van der Waals surface area (Å²) in [7, 11) is 0. The van der Waals surface area contributed by atoms with Crippen LogP contribution in [0, 0.1) is 0 Å². The Morgan fingerprint density at radius 1 is 1.07 bits per heavy atom. The van der Waals surface area contributed by atoms with E-state index >= 15 is 0 Å². The zero-order valence-electron chi connectivity index (χ0n) is 14.8. The van der Waals surface area contributed by atoms with E-state index in [-0.39, 0.29) is 18.8 Å². The lowest BCUT2D eigenvalue weighted by atomic mass is 10.1. The lowest BCUT2D eigenvalue weighted by molar-refractivity contribution is -0.131. The Bertz CT molecular complexity index is 846. The Hall–Kier alpha value is -3.45. The van der Waals surface area contributed by atoms with E-state index < -0.39 is 17.8 Å². The number of ether oxygens (including phenoxy) is 1. The molecule has 27 heavy (non-hydrogen) atoms. The van der Waals surface area contributed by atoms with Gasteiger partial charge >= 0.3 is 5.97 Å². The number of aliphatic hydroxyl groups is 1. The van der Waals surface area contributed by atoms with E-state index in [2.05, 4.69) is 10.6 Å². The molecule has 0 unspecified atom stereocenters. The molecule has 7 heteroatoms. The molecule has 3 N–H and O–H groups in total. The predicted molar refractivity (Wildman–Crippen MR) is 99.7 cm³/mol. The third-order valence-corrected chi connectivity index (χ3v) is 3.36. The van der Waals surface area contributed by atoms with Crippen molar-refractivity contribution in [1.82, 2.24) is 10.6 Å². The summed E-state index contributed by atoms with van der Waals surface area (Å²) in [4.78, 5) is 35.8. The largest absolute Gasteiger partial charge is 0.427 e. The topological polar surface area (TPSA) is 105 Å². The summed E-state index contributed by atoms with van der Waals surface area (Å²) in [5.41, 5.74) is 0.945. The highest BCUT2D eigenvalue weighted by Gasteiger charge is 2.14. The molecule has 0 fully saturated rings. The lowest BCUT2D eigenvalue weighted by Gasteiger charge is -2.11. The summed E-state index contributed by atoms with van der Waals surface area (Å²) in [6.45, 7) is 1.11. The second-order valence-electron chi connectivity index (χ2n) is 5.52. The first-order chi connectivity index (χ1) is 13.0. The van der Waals surface area contributed by atoms with E-state index in [0.29, 0.717) is 16.9 Å². The zero-order chi connectivity index (χ0) is 19.6. The fourth-order valence-electron chi connectivity index (χ4n) is 2.21. The molecule has 2 aromatic carbocycles. The van der Waals surface area contributed by atoms with Crippen LogP contribution in [-0.2, 0) is 9.59 Å². The number of hydrogen-bond acceptors (Lipinski definition) is 5. The number of nitrogens with one attached hydrogen (secondary N) is 2. The molecule has 0 heterocycles. The molecule has 0 aliphatic rings. The van der Waals surface area contributed by atoms with Crippen molar-refractivity contribution in [3.63, 3.8) is 0 Å². The lowest BCUT2D eigenvalue weighted by Crippen LogP contribution is -2.36. The van der Waals surface area contributed by atoms with Crippen molar-refractivity contribution in [3.05, 3.63) is 71.4 Å². The second kappa shape index (κ2) is 9.88. The molecular weight excluding hydrogens is 348 g/mol. The molecular formula is C20H20N2O5. The number of aliphatic hydroxyl groups excluding tert-OH is 1. The highest BCUT2D eigenvalue weighted by Crippen LogP contribution is 2.16. The van der Waals surface area contributed by atoms with Crippen molar-refractivity contribution in [3.8, 4) is 5.75 Å². The average molecular weight is 368 g/mol. The van der Waals surface area contributed by atoms with E-state index in [1.54, 1.807) is 54.6 Å². The van der Waals surface area contributed by atoms with Gasteiger partial charge in [-0.1, -0.05) is 30.3 Å². The van der Waals surface area contributed by atoms with Crippen LogP contribution in [0.2, 0.25) is 0 Å². The van der Waals surface area contributed by atoms with Crippen LogP contribution < -0.4 is 15.4 Å². The number of carbonyl (C=O) groups excluding carboxylic acids is 3. The minimum absolute atomic E-state index is 0.00252. The Morgan fingerprint density at radius 3 is 2.48 bits per heavy atom. The molecule has 2 aromatic rings. The van der Waals surface area contributed by atoms with Gasteiger partial charge in [0.1, 0.15) is 11.4 Å². The Labute approximate surface area is 156 Å². The Balaban J connectivity index is 2.28. The maximum Gasteiger partial charge on any atom is 0.308 e. The third kappa shape index (κ3) is 6.41. The Morgan fingerprint density at radius 2 is 1.81 bits per heavy atom. The molecule has 7 nitrogen and oxygen atoms in total. The van der Waals surface area contributed by atoms with Gasteiger partial charge in [0.15, 0.2) is 0 Å². The van der Waals surface area contributed by atoms with E-state index in [9.17, 15) is 14.4 Å². The van der Waals surface area contributed by atoms with E-state index in [4.69, 9.17) is 9.84 Å². The van der Waals surface area contributed by atoms with Crippen LogP contribution >= 0.6 is 0 Å². The van der Waals surface area contributed by atoms with Gasteiger partial charge in [-0.3, -0.25) is 14.4 Å². The van der Waals surface area contributed by atoms with Crippen molar-refractivity contribution < 1.29 is 24.2 Å². The number of benzene rings is 2. The number of hydrogen-bond donors (Lipinski definition) is 3. The molecule has 0 aromatic heterocycles. The van der Waals surface area contributed by atoms with Crippen LogP contribution in [-0.4, -0.2) is 36.0 Å². The van der Waals surface area contributed by atoms with Crippen LogP contribution in [0.4, 0.5) is 0 Å². The monoisotopic (exact) mass is 368 g/mol. The molecule has 0 saturated heterocycles. The first-order valence-electron chi connectivity index (χ1n) is 8.25. The number of esters is 1. The van der Waals surface area contributed by atoms with Gasteiger partial charge in [-0.05, 0) is 35.9 Å². The highest BCUT2D eigenvalue weighted by molar-refractivity contribution is 6.05. The van der Waals surface area contributed by atoms with Crippen LogP contribution in [0.3, 0.4) is 0 Å². The summed E-state index contributed by atoms with van der Waals surface area (Å²) in [5, 5.41) is 14.0. The van der Waals surface area contributed by atoms with Crippen molar-refractivity contribution in [2.75, 3.05) is 13.2 Å². The van der Waals surface area contributed by atoms with Gasteiger partial charge in [0, 0.05) is 19.0 Å². The molecule has 0 aliphatic heterocycles. The van der Waals surface area contributed by atoms with Gasteiger partial charge in [0.25, 0.3) is 11.8 Å². The molecule has 0 spiro atoms. The van der Waals surface area contributed by atoms with Gasteiger partial charge < -0.3 is 20.5 Å². The van der Waals surface area contributed by atoms with Gasteiger partial charge in [0.05, 0.1) is 6.61 Å². The number of rotatable bonds is 7. The fraction of sp³-hybridized carbons (Fsp3) is 0.150. The molecule has 0 aliphatic carbocycles. The van der Waals surface area contributed by atoms with E-state index in [1.165, 1.54) is 13.0 Å². The van der Waals surface area contributed by atoms with Crippen molar-refractivity contribution in [2.45, 2.75) is 6.92 Å². The first kappa shape index (κ1) is 19.9. The van der Waals surface area contributed by atoms with Crippen molar-refractivity contribution in [1.29, 1.82) is 0 Å². The Kier molecular flexibility index (Phi) is 7.27. The fourth-order valence-corrected chi connectivity index (χ4v) is 2.21. The van der Waals surface area contributed by atoms with Crippen molar-refractivity contribution >= 4 is 23.9 Å². The van der Waals surface area contributed by atoms with Crippen LogP contribution in [0.5, 0.6) is 5.75 Å². The summed E-state index contributed by atoms with van der Waals surface area (Å²) >= 11 is 0. The van der Waals surface area contributed by atoms with Crippen LogP contribution in [0.15, 0.2) is 60.3 Å². The zero-order valence-corrected chi connectivity index (χ0v) is 14.8.